The fourth-order valence-corrected chi connectivity index (χ4v) is 4.42. The Balaban J connectivity index is 2.67. The molecule has 1 fully saturated rings. The molecule has 0 atom stereocenters. The van der Waals surface area contributed by atoms with E-state index < -0.39 is 10.0 Å². The first-order chi connectivity index (χ1) is 7.98. The number of sulfonamides is 1. The Morgan fingerprint density at radius 2 is 1.94 bits per heavy atom. The molecule has 0 bridgehead atoms. The van der Waals surface area contributed by atoms with Gasteiger partial charge in [-0.05, 0) is 12.8 Å². The van der Waals surface area contributed by atoms with E-state index in [1.165, 1.54) is 4.31 Å². The minimum Gasteiger partial charge on any atom is -0.393 e. The van der Waals surface area contributed by atoms with Gasteiger partial charge < -0.3 is 5.73 Å². The van der Waals surface area contributed by atoms with Crippen LogP contribution in [-0.4, -0.2) is 36.1 Å². The molecular formula is C11H22N2O2S2. The number of thiocarbonyl (C=S) groups is 1. The van der Waals surface area contributed by atoms with Crippen LogP contribution < -0.4 is 5.73 Å². The molecule has 0 aliphatic heterocycles. The predicted molar refractivity (Wildman–Crippen MR) is 74.4 cm³/mol. The summed E-state index contributed by atoms with van der Waals surface area (Å²) in [5, 5.41) is -0.192. The van der Waals surface area contributed by atoms with E-state index in [-0.39, 0.29) is 5.25 Å². The molecule has 100 valence electrons. The van der Waals surface area contributed by atoms with Gasteiger partial charge in [-0.1, -0.05) is 38.4 Å². The lowest BCUT2D eigenvalue weighted by molar-refractivity contribution is 0.404. The maximum atomic E-state index is 12.4. The first-order valence-corrected chi connectivity index (χ1v) is 8.17. The van der Waals surface area contributed by atoms with Crippen molar-refractivity contribution in [2.24, 2.45) is 5.73 Å². The van der Waals surface area contributed by atoms with Gasteiger partial charge in [-0.3, -0.25) is 0 Å². The molecule has 17 heavy (non-hydrogen) atoms. The van der Waals surface area contributed by atoms with Crippen LogP contribution in [0.1, 0.15) is 45.4 Å². The summed E-state index contributed by atoms with van der Waals surface area (Å²) in [5.74, 6) is 0. The van der Waals surface area contributed by atoms with Crippen LogP contribution in [0.3, 0.4) is 0 Å². The van der Waals surface area contributed by atoms with Crippen molar-refractivity contribution >= 4 is 27.2 Å². The van der Waals surface area contributed by atoms with E-state index in [0.29, 0.717) is 24.5 Å². The second-order valence-corrected chi connectivity index (χ2v) is 7.25. The lowest BCUT2D eigenvalue weighted by Gasteiger charge is -2.28. The van der Waals surface area contributed by atoms with E-state index in [9.17, 15) is 8.42 Å². The van der Waals surface area contributed by atoms with Crippen molar-refractivity contribution in [3.63, 3.8) is 0 Å². The van der Waals surface area contributed by atoms with Gasteiger partial charge in [0.2, 0.25) is 10.0 Å². The largest absolute Gasteiger partial charge is 0.393 e. The highest BCUT2D eigenvalue weighted by Gasteiger charge is 2.31. The van der Waals surface area contributed by atoms with Crippen LogP contribution >= 0.6 is 12.2 Å². The normalized spacial score (nSPS) is 18.5. The number of rotatable bonds is 6. The second-order valence-electron chi connectivity index (χ2n) is 4.51. The second kappa shape index (κ2) is 6.66. The zero-order valence-electron chi connectivity index (χ0n) is 10.4. The fraction of sp³-hybridized carbons (Fsp3) is 0.909. The molecule has 1 aliphatic rings. The lowest BCUT2D eigenvalue weighted by Crippen LogP contribution is -2.41. The molecule has 1 saturated carbocycles. The molecule has 1 rings (SSSR count). The average molecular weight is 278 g/mol. The molecular weight excluding hydrogens is 256 g/mol. The van der Waals surface area contributed by atoms with Gasteiger partial charge in [0.25, 0.3) is 0 Å². The molecule has 2 N–H and O–H groups in total. The molecule has 0 unspecified atom stereocenters. The highest BCUT2D eigenvalue weighted by Crippen LogP contribution is 2.26. The Morgan fingerprint density at radius 1 is 1.35 bits per heavy atom. The van der Waals surface area contributed by atoms with Gasteiger partial charge >= 0.3 is 0 Å². The first kappa shape index (κ1) is 14.9. The molecule has 0 aromatic rings. The highest BCUT2D eigenvalue weighted by molar-refractivity contribution is 7.89. The minimum absolute atomic E-state index is 0.192. The molecule has 0 aromatic carbocycles. The third-order valence-corrected chi connectivity index (χ3v) is 5.97. The van der Waals surface area contributed by atoms with Crippen molar-refractivity contribution in [2.45, 2.75) is 50.7 Å². The van der Waals surface area contributed by atoms with E-state index in [0.717, 1.165) is 32.1 Å². The zero-order chi connectivity index (χ0) is 12.9. The Hall–Kier alpha value is -0.200. The van der Waals surface area contributed by atoms with Crippen LogP contribution in [0.25, 0.3) is 0 Å². The summed E-state index contributed by atoms with van der Waals surface area (Å²) in [6, 6.07) is 0. The zero-order valence-corrected chi connectivity index (χ0v) is 12.0. The summed E-state index contributed by atoms with van der Waals surface area (Å²) in [4.78, 5) is 0.377. The maximum Gasteiger partial charge on any atom is 0.216 e. The fourth-order valence-electron chi connectivity index (χ4n) is 2.27. The van der Waals surface area contributed by atoms with Crippen LogP contribution in [0.5, 0.6) is 0 Å². The lowest BCUT2D eigenvalue weighted by atomic mass is 10.0. The smallest absolute Gasteiger partial charge is 0.216 e. The van der Waals surface area contributed by atoms with Crippen molar-refractivity contribution in [2.75, 3.05) is 13.1 Å². The third kappa shape index (κ3) is 4.19. The molecule has 0 heterocycles. The maximum absolute atomic E-state index is 12.4. The van der Waals surface area contributed by atoms with Gasteiger partial charge in [-0.25, -0.2) is 12.7 Å². The Bertz CT molecular complexity index is 348. The van der Waals surface area contributed by atoms with Crippen LogP contribution in [0.2, 0.25) is 0 Å². The first-order valence-electron chi connectivity index (χ1n) is 6.25. The summed E-state index contributed by atoms with van der Waals surface area (Å²) in [6.45, 7) is 2.78. The van der Waals surface area contributed by atoms with Crippen molar-refractivity contribution in [1.82, 2.24) is 4.31 Å². The monoisotopic (exact) mass is 278 g/mol. The van der Waals surface area contributed by atoms with Crippen molar-refractivity contribution in [1.29, 1.82) is 0 Å². The molecule has 4 nitrogen and oxygen atoms in total. The standard InChI is InChI=1S/C11H22N2O2S2/c1-2-13(9-8-11(12)16)17(14,15)10-6-4-3-5-7-10/h10H,2-9H2,1H3,(H2,12,16). The van der Waals surface area contributed by atoms with Crippen molar-refractivity contribution in [3.8, 4) is 0 Å². The van der Waals surface area contributed by atoms with Crippen LogP contribution in [0.15, 0.2) is 0 Å². The average Bonchev–Trinajstić information content (AvgIpc) is 2.30. The van der Waals surface area contributed by atoms with Crippen molar-refractivity contribution in [3.05, 3.63) is 0 Å². The number of nitrogens with zero attached hydrogens (tertiary/aromatic N) is 1. The Labute approximate surface area is 110 Å². The summed E-state index contributed by atoms with van der Waals surface area (Å²) in [5.41, 5.74) is 5.43. The molecule has 0 spiro atoms. The molecule has 0 amide bonds. The number of hydrogen-bond acceptors (Lipinski definition) is 3. The Kier molecular flexibility index (Phi) is 5.82. The SMILES string of the molecule is CCN(CCC(N)=S)S(=O)(=O)C1CCCCC1. The quantitative estimate of drug-likeness (QED) is 0.750. The molecule has 6 heteroatoms. The number of hydrogen-bond donors (Lipinski definition) is 1. The van der Waals surface area contributed by atoms with Gasteiger partial charge in [0.05, 0.1) is 10.2 Å². The van der Waals surface area contributed by atoms with Gasteiger partial charge in [0.1, 0.15) is 0 Å². The highest BCUT2D eigenvalue weighted by atomic mass is 32.2. The topological polar surface area (TPSA) is 63.4 Å². The molecule has 0 aromatic heterocycles. The van der Waals surface area contributed by atoms with E-state index in [1.54, 1.807) is 0 Å². The predicted octanol–water partition coefficient (Wildman–Crippen LogP) is 1.65. The number of nitrogens with two attached hydrogens (primary N) is 1. The molecule has 0 radical (unpaired) electrons. The third-order valence-electron chi connectivity index (χ3n) is 3.29. The summed E-state index contributed by atoms with van der Waals surface area (Å²) in [7, 11) is -3.15. The minimum atomic E-state index is -3.15. The van der Waals surface area contributed by atoms with E-state index in [2.05, 4.69) is 0 Å². The van der Waals surface area contributed by atoms with Crippen molar-refractivity contribution < 1.29 is 8.42 Å². The summed E-state index contributed by atoms with van der Waals surface area (Å²) >= 11 is 4.80. The van der Waals surface area contributed by atoms with Crippen LogP contribution in [0.4, 0.5) is 0 Å². The Morgan fingerprint density at radius 3 is 2.41 bits per heavy atom. The van der Waals surface area contributed by atoms with E-state index in [1.807, 2.05) is 6.92 Å². The summed E-state index contributed by atoms with van der Waals surface area (Å²) in [6.07, 6.45) is 5.27. The molecule has 1 aliphatic carbocycles. The van der Waals surface area contributed by atoms with Crippen LogP contribution in [0, 0.1) is 0 Å². The van der Waals surface area contributed by atoms with Gasteiger partial charge in [-0.15, -0.1) is 0 Å². The molecule has 0 saturated heterocycles. The van der Waals surface area contributed by atoms with E-state index >= 15 is 0 Å². The van der Waals surface area contributed by atoms with Gasteiger partial charge in [0.15, 0.2) is 0 Å². The van der Waals surface area contributed by atoms with Crippen LogP contribution in [-0.2, 0) is 10.0 Å². The van der Waals surface area contributed by atoms with E-state index in [4.69, 9.17) is 18.0 Å². The summed E-state index contributed by atoms with van der Waals surface area (Å²) < 4.78 is 26.3. The van der Waals surface area contributed by atoms with Gasteiger partial charge in [0, 0.05) is 19.5 Å². The van der Waals surface area contributed by atoms with Gasteiger partial charge in [-0.2, -0.15) is 0 Å².